The van der Waals surface area contributed by atoms with Crippen LogP contribution in [-0.4, -0.2) is 28.6 Å². The van der Waals surface area contributed by atoms with Crippen molar-refractivity contribution < 1.29 is 4.74 Å². The molecule has 2 rings (SSSR count). The van der Waals surface area contributed by atoms with E-state index >= 15 is 0 Å². The van der Waals surface area contributed by atoms with Gasteiger partial charge in [0, 0.05) is 30.7 Å². The fourth-order valence-corrected chi connectivity index (χ4v) is 2.99. The number of ether oxygens (including phenoxy) is 1. The second-order valence-corrected chi connectivity index (χ2v) is 4.84. The van der Waals surface area contributed by atoms with Crippen LogP contribution in [0.1, 0.15) is 32.5 Å². The molecule has 1 fully saturated rings. The second-order valence-electron chi connectivity index (χ2n) is 4.11. The summed E-state index contributed by atoms with van der Waals surface area (Å²) in [5.74, 6) is 0.795. The fraction of sp³-hybridized carbons (Fsp3) is 0.800. The van der Waals surface area contributed by atoms with Crippen molar-refractivity contribution in [3.63, 3.8) is 0 Å². The number of hydrogen-bond donors (Lipinski definition) is 0. The molecule has 5 heteroatoms. The first kappa shape index (κ1) is 10.8. The van der Waals surface area contributed by atoms with Gasteiger partial charge in [-0.05, 0) is 26.7 Å². The number of methoxy groups -OCH3 is 1. The summed E-state index contributed by atoms with van der Waals surface area (Å²) >= 11 is 1.48. The smallest absolute Gasteiger partial charge is 0.205 e. The first-order valence-electron chi connectivity index (χ1n) is 5.32. The molecule has 4 nitrogen and oxygen atoms in total. The summed E-state index contributed by atoms with van der Waals surface area (Å²) in [6.07, 6.45) is 2.50. The van der Waals surface area contributed by atoms with Crippen LogP contribution in [0.25, 0.3) is 0 Å². The molecule has 1 aromatic heterocycles. The number of rotatable bonds is 3. The molecule has 0 radical (unpaired) electrons. The van der Waals surface area contributed by atoms with Crippen molar-refractivity contribution in [2.45, 2.75) is 45.4 Å². The molecule has 0 amide bonds. The molecule has 2 atom stereocenters. The minimum absolute atomic E-state index is 0.507. The third-order valence-corrected chi connectivity index (χ3v) is 3.67. The first-order valence-corrected chi connectivity index (χ1v) is 6.09. The van der Waals surface area contributed by atoms with Crippen molar-refractivity contribution in [2.24, 2.45) is 0 Å². The zero-order chi connectivity index (χ0) is 10.8. The standard InChI is InChI=1S/C10H17N3OS/c1-7-4-5-8(2)13(7)10-11-9(6-14-3)12-15-10/h7-8H,4-6H2,1-3H3/t7-,8-/m0/s1. The molecule has 84 valence electrons. The van der Waals surface area contributed by atoms with Crippen LogP contribution < -0.4 is 4.90 Å². The van der Waals surface area contributed by atoms with Crippen LogP contribution in [0.3, 0.4) is 0 Å². The van der Waals surface area contributed by atoms with Gasteiger partial charge in [-0.2, -0.15) is 4.37 Å². The highest BCUT2D eigenvalue weighted by atomic mass is 32.1. The summed E-state index contributed by atoms with van der Waals surface area (Å²) in [5.41, 5.74) is 0. The Morgan fingerprint density at radius 1 is 1.40 bits per heavy atom. The van der Waals surface area contributed by atoms with E-state index in [0.717, 1.165) is 11.0 Å². The van der Waals surface area contributed by atoms with Crippen LogP contribution in [0, 0.1) is 0 Å². The summed E-state index contributed by atoms with van der Waals surface area (Å²) in [4.78, 5) is 6.86. The van der Waals surface area contributed by atoms with Gasteiger partial charge >= 0.3 is 0 Å². The monoisotopic (exact) mass is 227 g/mol. The Bertz CT molecular complexity index is 318. The van der Waals surface area contributed by atoms with Crippen molar-refractivity contribution in [1.29, 1.82) is 0 Å². The number of anilines is 1. The zero-order valence-corrected chi connectivity index (χ0v) is 10.3. The van der Waals surface area contributed by atoms with E-state index in [-0.39, 0.29) is 0 Å². The van der Waals surface area contributed by atoms with E-state index in [1.807, 2.05) is 0 Å². The maximum absolute atomic E-state index is 5.02. The second kappa shape index (κ2) is 4.45. The molecular formula is C10H17N3OS. The van der Waals surface area contributed by atoms with Crippen molar-refractivity contribution >= 4 is 16.7 Å². The molecule has 1 saturated heterocycles. The van der Waals surface area contributed by atoms with Gasteiger partial charge in [0.2, 0.25) is 5.13 Å². The van der Waals surface area contributed by atoms with Crippen molar-refractivity contribution in [3.8, 4) is 0 Å². The quantitative estimate of drug-likeness (QED) is 0.792. The molecule has 0 bridgehead atoms. The topological polar surface area (TPSA) is 38.2 Å². The van der Waals surface area contributed by atoms with Crippen molar-refractivity contribution in [3.05, 3.63) is 5.82 Å². The van der Waals surface area contributed by atoms with Gasteiger partial charge in [-0.3, -0.25) is 0 Å². The van der Waals surface area contributed by atoms with Crippen LogP contribution in [0.4, 0.5) is 5.13 Å². The lowest BCUT2D eigenvalue weighted by molar-refractivity contribution is 0.179. The lowest BCUT2D eigenvalue weighted by atomic mass is 10.2. The van der Waals surface area contributed by atoms with E-state index in [4.69, 9.17) is 4.74 Å². The van der Waals surface area contributed by atoms with E-state index in [1.165, 1.54) is 24.4 Å². The summed E-state index contributed by atoms with van der Waals surface area (Å²) in [6.45, 7) is 5.01. The predicted molar refractivity (Wildman–Crippen MR) is 61.3 cm³/mol. The molecule has 1 aromatic rings. The molecule has 2 heterocycles. The summed E-state index contributed by atoms with van der Waals surface area (Å²) in [7, 11) is 1.67. The Balaban J connectivity index is 2.14. The lowest BCUT2D eigenvalue weighted by Crippen LogP contribution is -2.32. The van der Waals surface area contributed by atoms with E-state index in [0.29, 0.717) is 18.7 Å². The lowest BCUT2D eigenvalue weighted by Gasteiger charge is -2.24. The Morgan fingerprint density at radius 2 is 2.07 bits per heavy atom. The average molecular weight is 227 g/mol. The molecule has 15 heavy (non-hydrogen) atoms. The summed E-state index contributed by atoms with van der Waals surface area (Å²) in [5, 5.41) is 1.04. The van der Waals surface area contributed by atoms with Crippen LogP contribution in [0.15, 0.2) is 0 Å². The molecule has 0 N–H and O–H groups in total. The van der Waals surface area contributed by atoms with Crippen LogP contribution in [-0.2, 0) is 11.3 Å². The number of hydrogen-bond acceptors (Lipinski definition) is 5. The van der Waals surface area contributed by atoms with Gasteiger partial charge in [-0.15, -0.1) is 0 Å². The highest BCUT2D eigenvalue weighted by Crippen LogP contribution is 2.31. The Morgan fingerprint density at radius 3 is 2.67 bits per heavy atom. The van der Waals surface area contributed by atoms with Crippen molar-refractivity contribution in [2.75, 3.05) is 12.0 Å². The molecule has 0 unspecified atom stereocenters. The Labute approximate surface area is 94.4 Å². The van der Waals surface area contributed by atoms with Gasteiger partial charge < -0.3 is 9.64 Å². The summed E-state index contributed by atoms with van der Waals surface area (Å²) < 4.78 is 9.30. The number of nitrogens with zero attached hydrogens (tertiary/aromatic N) is 3. The van der Waals surface area contributed by atoms with E-state index in [1.54, 1.807) is 7.11 Å². The maximum atomic E-state index is 5.02. The van der Waals surface area contributed by atoms with Crippen LogP contribution >= 0.6 is 11.5 Å². The van der Waals surface area contributed by atoms with Gasteiger partial charge in [-0.1, -0.05) is 0 Å². The van der Waals surface area contributed by atoms with Crippen LogP contribution in [0.2, 0.25) is 0 Å². The normalized spacial score (nSPS) is 26.2. The molecule has 1 aliphatic heterocycles. The van der Waals surface area contributed by atoms with E-state index in [9.17, 15) is 0 Å². The molecule has 0 aromatic carbocycles. The SMILES string of the molecule is COCc1nsc(N2[C@@H](C)CC[C@@H]2C)n1. The molecule has 1 aliphatic rings. The minimum Gasteiger partial charge on any atom is -0.377 e. The molecular weight excluding hydrogens is 210 g/mol. The number of aromatic nitrogens is 2. The Kier molecular flexibility index (Phi) is 3.21. The third-order valence-electron chi connectivity index (χ3n) is 2.90. The van der Waals surface area contributed by atoms with E-state index < -0.39 is 0 Å². The van der Waals surface area contributed by atoms with Gasteiger partial charge in [0.15, 0.2) is 5.82 Å². The fourth-order valence-electron chi connectivity index (χ4n) is 2.11. The highest BCUT2D eigenvalue weighted by Gasteiger charge is 2.29. The molecule has 0 saturated carbocycles. The zero-order valence-electron chi connectivity index (χ0n) is 9.43. The van der Waals surface area contributed by atoms with Crippen LogP contribution in [0.5, 0.6) is 0 Å². The molecule has 0 aliphatic carbocycles. The van der Waals surface area contributed by atoms with Gasteiger partial charge in [0.1, 0.15) is 6.61 Å². The highest BCUT2D eigenvalue weighted by molar-refractivity contribution is 7.09. The third kappa shape index (κ3) is 2.13. The largest absolute Gasteiger partial charge is 0.377 e. The predicted octanol–water partition coefficient (Wildman–Crippen LogP) is 2.06. The first-order chi connectivity index (χ1) is 7.22. The summed E-state index contributed by atoms with van der Waals surface area (Å²) in [6, 6.07) is 1.17. The van der Waals surface area contributed by atoms with Gasteiger partial charge in [-0.25, -0.2) is 4.98 Å². The van der Waals surface area contributed by atoms with Gasteiger partial charge in [0.05, 0.1) is 0 Å². The minimum atomic E-state index is 0.507. The maximum Gasteiger partial charge on any atom is 0.205 e. The average Bonchev–Trinajstić information content (AvgIpc) is 2.75. The molecule has 0 spiro atoms. The van der Waals surface area contributed by atoms with Gasteiger partial charge in [0.25, 0.3) is 0 Å². The van der Waals surface area contributed by atoms with E-state index in [2.05, 4.69) is 28.1 Å². The van der Waals surface area contributed by atoms with Crippen molar-refractivity contribution in [1.82, 2.24) is 9.36 Å². The Hall–Kier alpha value is -0.680.